The van der Waals surface area contributed by atoms with Gasteiger partial charge in [0.25, 0.3) is 5.56 Å². The van der Waals surface area contributed by atoms with E-state index in [0.717, 1.165) is 5.52 Å². The highest BCUT2D eigenvalue weighted by molar-refractivity contribution is 5.69. The third-order valence-electron chi connectivity index (χ3n) is 2.63. The van der Waals surface area contributed by atoms with Crippen LogP contribution < -0.4 is 10.9 Å². The third kappa shape index (κ3) is 2.54. The fraction of sp³-hybridized carbons (Fsp3) is 0.0909. The molecule has 0 saturated heterocycles. The molecule has 0 saturated carbocycles. The van der Waals surface area contributed by atoms with Gasteiger partial charge in [-0.15, -0.1) is 0 Å². The fourth-order valence-corrected chi connectivity index (χ4v) is 1.65. The first kappa shape index (κ1) is 12.7. The van der Waals surface area contributed by atoms with Crippen molar-refractivity contribution < 1.29 is 0 Å². The summed E-state index contributed by atoms with van der Waals surface area (Å²) in [4.78, 5) is 38.8. The first-order valence-corrected chi connectivity index (χ1v) is 5.98. The summed E-state index contributed by atoms with van der Waals surface area (Å²) in [6, 6.07) is 0. The molecule has 0 aromatic carbocycles. The average Bonchev–Trinajstić information content (AvgIpc) is 3.16. The van der Waals surface area contributed by atoms with Crippen molar-refractivity contribution in [3.8, 4) is 0 Å². The zero-order chi connectivity index (χ0) is 14.7. The number of rotatable bonds is 1. The predicted molar refractivity (Wildman–Crippen MR) is 75.7 cm³/mol. The lowest BCUT2D eigenvalue weighted by Crippen LogP contribution is -2.11. The summed E-state index contributed by atoms with van der Waals surface area (Å²) in [5.74, 6) is 0.416. The number of nitrogens with one attached hydrogen (secondary N) is 4. The van der Waals surface area contributed by atoms with Gasteiger partial charge in [0.15, 0.2) is 16.8 Å². The van der Waals surface area contributed by atoms with Crippen molar-refractivity contribution in [1.82, 2.24) is 39.9 Å². The Balaban J connectivity index is 0.000000131. The highest BCUT2D eigenvalue weighted by Gasteiger charge is 2.03. The number of aromatic nitrogens is 8. The Labute approximate surface area is 117 Å². The molecule has 4 rings (SSSR count). The van der Waals surface area contributed by atoms with Crippen LogP contribution in [0.5, 0.6) is 0 Å². The fourth-order valence-electron chi connectivity index (χ4n) is 1.65. The molecule has 0 radical (unpaired) electrons. The second-order valence-electron chi connectivity index (χ2n) is 3.93. The summed E-state index contributed by atoms with van der Waals surface area (Å²) in [6.45, 7) is 0. The van der Waals surface area contributed by atoms with Crippen molar-refractivity contribution in [1.29, 1.82) is 0 Å². The normalized spacial score (nSPS) is 10.3. The lowest BCUT2D eigenvalue weighted by Gasteiger charge is -1.95. The second kappa shape index (κ2) is 5.36. The zero-order valence-corrected chi connectivity index (χ0v) is 11.0. The molecule has 0 unspecified atom stereocenters. The van der Waals surface area contributed by atoms with Gasteiger partial charge in [0.05, 0.1) is 18.9 Å². The van der Waals surface area contributed by atoms with Gasteiger partial charge in [0.2, 0.25) is 5.95 Å². The first-order chi connectivity index (χ1) is 10.3. The van der Waals surface area contributed by atoms with E-state index in [0.29, 0.717) is 22.8 Å². The van der Waals surface area contributed by atoms with Crippen LogP contribution in [0.3, 0.4) is 0 Å². The quantitative estimate of drug-likeness (QED) is 0.387. The Morgan fingerprint density at radius 1 is 1.10 bits per heavy atom. The van der Waals surface area contributed by atoms with Crippen LogP contribution >= 0.6 is 0 Å². The van der Waals surface area contributed by atoms with Crippen LogP contribution in [0, 0.1) is 0 Å². The maximum absolute atomic E-state index is 11.2. The van der Waals surface area contributed by atoms with Gasteiger partial charge in [-0.3, -0.25) is 9.78 Å². The third-order valence-corrected chi connectivity index (χ3v) is 2.63. The van der Waals surface area contributed by atoms with Crippen molar-refractivity contribution in [3.63, 3.8) is 0 Å². The smallest absolute Gasteiger partial charge is 0.278 e. The molecule has 0 aliphatic rings. The predicted octanol–water partition coefficient (Wildman–Crippen LogP) is 0.0408. The van der Waals surface area contributed by atoms with Crippen molar-refractivity contribution in [2.24, 2.45) is 0 Å². The Morgan fingerprint density at radius 3 is 2.71 bits per heavy atom. The van der Waals surface area contributed by atoms with Gasteiger partial charge in [0.1, 0.15) is 11.8 Å². The number of H-pyrrole nitrogens is 3. The van der Waals surface area contributed by atoms with E-state index < -0.39 is 0 Å². The Kier molecular flexibility index (Phi) is 3.25. The molecule has 0 aliphatic carbocycles. The summed E-state index contributed by atoms with van der Waals surface area (Å²) in [6.07, 6.45) is 6.20. The maximum Gasteiger partial charge on any atom is 0.278 e. The Bertz CT molecular complexity index is 892. The number of hydrogen-bond acceptors (Lipinski definition) is 7. The molecule has 4 N–H and O–H groups in total. The Hall–Kier alpha value is -3.30. The molecule has 0 amide bonds. The van der Waals surface area contributed by atoms with Gasteiger partial charge in [-0.25, -0.2) is 19.9 Å². The van der Waals surface area contributed by atoms with Crippen LogP contribution in [0.25, 0.3) is 22.3 Å². The lowest BCUT2D eigenvalue weighted by atomic mass is 10.5. The van der Waals surface area contributed by atoms with E-state index in [1.165, 1.54) is 12.7 Å². The molecule has 0 atom stereocenters. The number of fused-ring (bicyclic) bond motifs is 2. The van der Waals surface area contributed by atoms with E-state index in [9.17, 15) is 4.79 Å². The minimum Gasteiger partial charge on any atom is -0.359 e. The lowest BCUT2D eigenvalue weighted by molar-refractivity contribution is 1.14. The van der Waals surface area contributed by atoms with Crippen LogP contribution in [0.4, 0.5) is 5.95 Å². The molecule has 4 heterocycles. The largest absolute Gasteiger partial charge is 0.359 e. The van der Waals surface area contributed by atoms with Gasteiger partial charge in [-0.2, -0.15) is 4.98 Å². The number of nitrogens with zero attached hydrogens (tertiary/aromatic N) is 5. The summed E-state index contributed by atoms with van der Waals surface area (Å²) >= 11 is 0. The molecule has 0 aliphatic heterocycles. The summed E-state index contributed by atoms with van der Waals surface area (Å²) in [7, 11) is 1.68. The van der Waals surface area contributed by atoms with Gasteiger partial charge in [-0.05, 0) is 0 Å². The van der Waals surface area contributed by atoms with E-state index >= 15 is 0 Å². The molecule has 10 heteroatoms. The van der Waals surface area contributed by atoms with Gasteiger partial charge >= 0.3 is 0 Å². The maximum atomic E-state index is 11.2. The van der Waals surface area contributed by atoms with E-state index in [-0.39, 0.29) is 5.56 Å². The molecule has 106 valence electrons. The average molecular weight is 285 g/mol. The van der Waals surface area contributed by atoms with Crippen LogP contribution in [0.15, 0.2) is 30.0 Å². The second-order valence-corrected chi connectivity index (χ2v) is 3.93. The molecule has 4 aromatic heterocycles. The molecular weight excluding hydrogens is 274 g/mol. The molecule has 0 spiro atoms. The number of imidazole rings is 2. The number of hydrogen-bond donors (Lipinski definition) is 4. The summed E-state index contributed by atoms with van der Waals surface area (Å²) < 4.78 is 0. The topological polar surface area (TPSA) is 141 Å². The van der Waals surface area contributed by atoms with E-state index in [2.05, 4.69) is 45.2 Å². The molecule has 21 heavy (non-hydrogen) atoms. The SMILES string of the molecule is CNc1nc2nc[nH]c2c(=O)[nH]1.c1ncc2[nH]cnc2n1. The van der Waals surface area contributed by atoms with Crippen molar-refractivity contribution >= 4 is 28.3 Å². The van der Waals surface area contributed by atoms with Gasteiger partial charge in [-0.1, -0.05) is 0 Å². The van der Waals surface area contributed by atoms with E-state index in [1.807, 2.05) is 0 Å². The van der Waals surface area contributed by atoms with E-state index in [1.54, 1.807) is 19.6 Å². The van der Waals surface area contributed by atoms with Gasteiger partial charge in [0, 0.05) is 7.05 Å². The van der Waals surface area contributed by atoms with Crippen LogP contribution in [-0.4, -0.2) is 46.9 Å². The Morgan fingerprint density at radius 2 is 1.90 bits per heavy atom. The molecule has 10 nitrogen and oxygen atoms in total. The van der Waals surface area contributed by atoms with Crippen LogP contribution in [0.1, 0.15) is 0 Å². The molecule has 4 aromatic rings. The summed E-state index contributed by atoms with van der Waals surface area (Å²) in [5, 5.41) is 2.73. The molecule has 0 bridgehead atoms. The monoisotopic (exact) mass is 285 g/mol. The summed E-state index contributed by atoms with van der Waals surface area (Å²) in [5.41, 5.74) is 2.18. The van der Waals surface area contributed by atoms with Crippen molar-refractivity contribution in [3.05, 3.63) is 35.5 Å². The highest BCUT2D eigenvalue weighted by Crippen LogP contribution is 2.01. The standard InChI is InChI=1S/C6H7N5O.C5H4N4/c1-7-6-10-4-3(5(12)11-6)8-2-9-4;1-4-5(8-2-6-1)9-3-7-4/h2H,1H3,(H3,7,8,9,10,11,12);1-3H,(H,6,7,8,9). The zero-order valence-electron chi connectivity index (χ0n) is 11.0. The van der Waals surface area contributed by atoms with Crippen molar-refractivity contribution in [2.75, 3.05) is 12.4 Å². The number of aromatic amines is 3. The molecular formula is C11H11N9O. The van der Waals surface area contributed by atoms with Gasteiger partial charge < -0.3 is 15.3 Å². The van der Waals surface area contributed by atoms with E-state index in [4.69, 9.17) is 0 Å². The van der Waals surface area contributed by atoms with Crippen LogP contribution in [0.2, 0.25) is 0 Å². The van der Waals surface area contributed by atoms with Crippen LogP contribution in [-0.2, 0) is 0 Å². The number of anilines is 1. The minimum absolute atomic E-state index is 0.221. The van der Waals surface area contributed by atoms with Crippen molar-refractivity contribution in [2.45, 2.75) is 0 Å². The first-order valence-electron chi connectivity index (χ1n) is 5.98. The minimum atomic E-state index is -0.221. The highest BCUT2D eigenvalue weighted by atomic mass is 16.1. The molecule has 0 fully saturated rings.